The first kappa shape index (κ1) is 18.2. The van der Waals surface area contributed by atoms with Crippen molar-refractivity contribution in [3.8, 4) is 0 Å². The molecule has 2 heterocycles. The van der Waals surface area contributed by atoms with Crippen LogP contribution in [0.2, 0.25) is 0 Å². The summed E-state index contributed by atoms with van der Waals surface area (Å²) in [6.07, 6.45) is 3.81. The largest absolute Gasteiger partial charge is 0.464 e. The Labute approximate surface area is 152 Å². The predicted molar refractivity (Wildman–Crippen MR) is 99.2 cm³/mol. The minimum absolute atomic E-state index is 0.0989. The molecule has 3 rings (SSSR count). The molecule has 138 valence electrons. The van der Waals surface area contributed by atoms with E-state index in [0.717, 1.165) is 23.9 Å². The number of likely N-dealkylation sites (tertiary alicyclic amines) is 1. The van der Waals surface area contributed by atoms with Crippen LogP contribution in [0.4, 0.5) is 0 Å². The molecule has 1 fully saturated rings. The average molecular weight is 356 g/mol. The van der Waals surface area contributed by atoms with Gasteiger partial charge in [-0.3, -0.25) is 9.59 Å². The Morgan fingerprint density at radius 3 is 2.77 bits per heavy atom. The summed E-state index contributed by atoms with van der Waals surface area (Å²) >= 11 is 0. The molecule has 0 aliphatic carbocycles. The first-order valence-corrected chi connectivity index (χ1v) is 9.01. The van der Waals surface area contributed by atoms with Crippen molar-refractivity contribution < 1.29 is 14.3 Å². The standard InChI is InChI=1S/C20H24N2O4/c1-4-26-20(25)17-7-5-6-10-22(17)19(24)15-12-21(3)16-9-8-13(2)11-14(16)18(15)23/h8-9,11-12,17H,4-7,10H2,1-3H3/t17-/m0/s1. The third-order valence-electron chi connectivity index (χ3n) is 4.90. The van der Waals surface area contributed by atoms with Crippen molar-refractivity contribution in [3.05, 3.63) is 45.7 Å². The van der Waals surface area contributed by atoms with E-state index in [2.05, 4.69) is 0 Å². The summed E-state index contributed by atoms with van der Waals surface area (Å²) in [6, 6.07) is 5.00. The van der Waals surface area contributed by atoms with Gasteiger partial charge in [0.25, 0.3) is 5.91 Å². The minimum atomic E-state index is -0.617. The fourth-order valence-corrected chi connectivity index (χ4v) is 3.57. The van der Waals surface area contributed by atoms with E-state index in [1.165, 1.54) is 4.90 Å². The predicted octanol–water partition coefficient (Wildman–Crippen LogP) is 2.40. The van der Waals surface area contributed by atoms with Crippen LogP contribution in [0.25, 0.3) is 10.9 Å². The molecule has 1 amide bonds. The summed E-state index contributed by atoms with van der Waals surface area (Å²) in [6.45, 7) is 4.38. The molecule has 0 bridgehead atoms. The van der Waals surface area contributed by atoms with E-state index in [9.17, 15) is 14.4 Å². The lowest BCUT2D eigenvalue weighted by molar-refractivity contribution is -0.149. The molecular formula is C20H24N2O4. The number of esters is 1. The Morgan fingerprint density at radius 1 is 1.27 bits per heavy atom. The van der Waals surface area contributed by atoms with Gasteiger partial charge >= 0.3 is 5.97 Å². The zero-order valence-corrected chi connectivity index (χ0v) is 15.4. The lowest BCUT2D eigenvalue weighted by Crippen LogP contribution is -2.49. The van der Waals surface area contributed by atoms with Gasteiger partial charge in [-0.25, -0.2) is 4.79 Å². The summed E-state index contributed by atoms with van der Waals surface area (Å²) in [7, 11) is 1.81. The van der Waals surface area contributed by atoms with Crippen molar-refractivity contribution in [1.29, 1.82) is 0 Å². The van der Waals surface area contributed by atoms with Crippen LogP contribution in [0.1, 0.15) is 42.1 Å². The number of ether oxygens (including phenoxy) is 1. The Kier molecular flexibility index (Phi) is 5.11. The number of nitrogens with zero attached hydrogens (tertiary/aromatic N) is 2. The number of hydrogen-bond donors (Lipinski definition) is 0. The van der Waals surface area contributed by atoms with Crippen LogP contribution >= 0.6 is 0 Å². The van der Waals surface area contributed by atoms with Crippen LogP contribution in [-0.2, 0) is 16.6 Å². The molecule has 1 saturated heterocycles. The normalized spacial score (nSPS) is 17.3. The zero-order valence-electron chi connectivity index (χ0n) is 15.4. The highest BCUT2D eigenvalue weighted by Gasteiger charge is 2.34. The number of benzene rings is 1. The molecule has 6 nitrogen and oxygen atoms in total. The molecule has 1 atom stereocenters. The highest BCUT2D eigenvalue weighted by atomic mass is 16.5. The average Bonchev–Trinajstić information content (AvgIpc) is 2.64. The number of hydrogen-bond acceptors (Lipinski definition) is 4. The second kappa shape index (κ2) is 7.32. The number of carbonyl (C=O) groups is 2. The van der Waals surface area contributed by atoms with Gasteiger partial charge in [-0.2, -0.15) is 0 Å². The van der Waals surface area contributed by atoms with Gasteiger partial charge in [-0.05, 0) is 45.2 Å². The lowest BCUT2D eigenvalue weighted by Gasteiger charge is -2.34. The first-order valence-electron chi connectivity index (χ1n) is 9.01. The maximum Gasteiger partial charge on any atom is 0.328 e. The Bertz CT molecular complexity index is 916. The maximum absolute atomic E-state index is 13.1. The van der Waals surface area contributed by atoms with E-state index < -0.39 is 17.9 Å². The third-order valence-corrected chi connectivity index (χ3v) is 4.90. The summed E-state index contributed by atoms with van der Waals surface area (Å²) in [5, 5.41) is 0.517. The van der Waals surface area contributed by atoms with Gasteiger partial charge in [0.2, 0.25) is 5.43 Å². The number of amides is 1. The van der Waals surface area contributed by atoms with E-state index in [1.54, 1.807) is 23.8 Å². The SMILES string of the molecule is CCOC(=O)[C@@H]1CCCCN1C(=O)c1cn(C)c2ccc(C)cc2c1=O. The molecule has 1 aliphatic heterocycles. The van der Waals surface area contributed by atoms with Crippen molar-refractivity contribution in [2.45, 2.75) is 39.2 Å². The third kappa shape index (κ3) is 3.23. The van der Waals surface area contributed by atoms with Crippen molar-refractivity contribution in [2.75, 3.05) is 13.2 Å². The summed E-state index contributed by atoms with van der Waals surface area (Å²) in [5.74, 6) is -0.791. The number of rotatable bonds is 3. The monoisotopic (exact) mass is 356 g/mol. The van der Waals surface area contributed by atoms with Crippen LogP contribution in [-0.4, -0.2) is 40.5 Å². The van der Waals surface area contributed by atoms with E-state index in [-0.39, 0.29) is 17.6 Å². The van der Waals surface area contributed by atoms with Gasteiger partial charge in [0.1, 0.15) is 11.6 Å². The fourth-order valence-electron chi connectivity index (χ4n) is 3.57. The van der Waals surface area contributed by atoms with Crippen LogP contribution < -0.4 is 5.43 Å². The molecule has 1 aromatic carbocycles. The van der Waals surface area contributed by atoms with Crippen LogP contribution in [0, 0.1) is 6.92 Å². The van der Waals surface area contributed by atoms with Gasteiger partial charge in [0, 0.05) is 25.2 Å². The lowest BCUT2D eigenvalue weighted by atomic mass is 10.0. The number of aryl methyl sites for hydroxylation is 2. The second-order valence-electron chi connectivity index (χ2n) is 6.77. The highest BCUT2D eigenvalue weighted by Crippen LogP contribution is 2.21. The molecule has 0 spiro atoms. The molecule has 0 radical (unpaired) electrons. The van der Waals surface area contributed by atoms with Gasteiger partial charge in [0.05, 0.1) is 12.1 Å². The molecule has 1 aromatic heterocycles. The topological polar surface area (TPSA) is 68.6 Å². The molecule has 0 N–H and O–H groups in total. The molecular weight excluding hydrogens is 332 g/mol. The Hall–Kier alpha value is -2.63. The molecule has 1 aliphatic rings. The highest BCUT2D eigenvalue weighted by molar-refractivity contribution is 5.99. The van der Waals surface area contributed by atoms with Crippen LogP contribution in [0.15, 0.2) is 29.2 Å². The van der Waals surface area contributed by atoms with Crippen molar-refractivity contribution in [3.63, 3.8) is 0 Å². The maximum atomic E-state index is 13.1. The molecule has 0 unspecified atom stereocenters. The van der Waals surface area contributed by atoms with Crippen LogP contribution in [0.3, 0.4) is 0 Å². The quantitative estimate of drug-likeness (QED) is 0.792. The number of piperidine rings is 1. The van der Waals surface area contributed by atoms with Crippen molar-refractivity contribution in [1.82, 2.24) is 9.47 Å². The molecule has 2 aromatic rings. The Morgan fingerprint density at radius 2 is 2.04 bits per heavy atom. The van der Waals surface area contributed by atoms with Gasteiger partial charge in [-0.1, -0.05) is 11.6 Å². The van der Waals surface area contributed by atoms with E-state index >= 15 is 0 Å². The second-order valence-corrected chi connectivity index (χ2v) is 6.77. The van der Waals surface area contributed by atoms with Gasteiger partial charge in [0.15, 0.2) is 0 Å². The summed E-state index contributed by atoms with van der Waals surface area (Å²) in [4.78, 5) is 39.8. The molecule has 0 saturated carbocycles. The Balaban J connectivity index is 2.04. The summed E-state index contributed by atoms with van der Waals surface area (Å²) in [5.41, 5.74) is 1.54. The van der Waals surface area contributed by atoms with Crippen molar-refractivity contribution in [2.24, 2.45) is 7.05 Å². The first-order chi connectivity index (χ1) is 12.4. The number of carbonyl (C=O) groups excluding carboxylic acids is 2. The van der Waals surface area contributed by atoms with E-state index in [1.807, 2.05) is 26.1 Å². The minimum Gasteiger partial charge on any atom is -0.464 e. The van der Waals surface area contributed by atoms with E-state index in [0.29, 0.717) is 18.4 Å². The number of aromatic nitrogens is 1. The van der Waals surface area contributed by atoms with E-state index in [4.69, 9.17) is 4.74 Å². The van der Waals surface area contributed by atoms with Crippen LogP contribution in [0.5, 0.6) is 0 Å². The molecule has 26 heavy (non-hydrogen) atoms. The number of fused-ring (bicyclic) bond motifs is 1. The number of pyridine rings is 1. The zero-order chi connectivity index (χ0) is 18.8. The fraction of sp³-hybridized carbons (Fsp3) is 0.450. The van der Waals surface area contributed by atoms with Gasteiger partial charge < -0.3 is 14.2 Å². The summed E-state index contributed by atoms with van der Waals surface area (Å²) < 4.78 is 6.91. The van der Waals surface area contributed by atoms with Crippen molar-refractivity contribution >= 4 is 22.8 Å². The smallest absolute Gasteiger partial charge is 0.328 e. The van der Waals surface area contributed by atoms with Gasteiger partial charge in [-0.15, -0.1) is 0 Å². The molecule has 6 heteroatoms.